The third kappa shape index (κ3) is 4.49. The molecule has 26 heavy (non-hydrogen) atoms. The minimum atomic E-state index is -3.50. The molecule has 0 saturated heterocycles. The number of nitrogens with zero attached hydrogens (tertiary/aromatic N) is 1. The number of carbonyl (C=O) groups is 3. The van der Waals surface area contributed by atoms with Crippen molar-refractivity contribution < 1.29 is 33.2 Å². The first-order valence-electron chi connectivity index (χ1n) is 12.9. The van der Waals surface area contributed by atoms with Crippen LogP contribution in [0.4, 0.5) is 0 Å². The molecule has 142 valence electrons. The van der Waals surface area contributed by atoms with E-state index in [1.54, 1.807) is 0 Å². The molecule has 0 fully saturated rings. The highest BCUT2D eigenvalue weighted by Crippen LogP contribution is 2.25. The predicted molar refractivity (Wildman–Crippen MR) is 98.3 cm³/mol. The normalized spacial score (nSPS) is 34.2. The average molecular weight is 371 g/mol. The lowest BCUT2D eigenvalue weighted by molar-refractivity contribution is -0.137. The molecule has 2 N–H and O–H groups in total. The van der Waals surface area contributed by atoms with E-state index in [0.29, 0.717) is 11.8 Å². The van der Waals surface area contributed by atoms with Gasteiger partial charge in [0.05, 0.1) is 1.37 Å². The molecule has 1 aliphatic rings. The Hall–Kier alpha value is -2.21. The maximum atomic E-state index is 13.1. The fourth-order valence-electron chi connectivity index (χ4n) is 2.40. The molecule has 0 aliphatic carbocycles. The first-order chi connectivity index (χ1) is 15.9. The van der Waals surface area contributed by atoms with Crippen molar-refractivity contribution in [1.29, 1.82) is 0 Å². The van der Waals surface area contributed by atoms with Gasteiger partial charge >= 0.3 is 0 Å². The van der Waals surface area contributed by atoms with Crippen molar-refractivity contribution in [2.45, 2.75) is 45.6 Å². The van der Waals surface area contributed by atoms with Gasteiger partial charge in [-0.3, -0.25) is 14.4 Å². The average Bonchev–Trinajstić information content (AvgIpc) is 2.77. The van der Waals surface area contributed by atoms with Crippen LogP contribution < -0.4 is 5.32 Å². The van der Waals surface area contributed by atoms with Gasteiger partial charge in [0.2, 0.25) is 11.8 Å². The summed E-state index contributed by atoms with van der Waals surface area (Å²) >= 11 is 0. The topological polar surface area (TPSA) is 86.7 Å². The van der Waals surface area contributed by atoms with Crippen molar-refractivity contribution in [2.24, 2.45) is 11.8 Å². The molecule has 6 nitrogen and oxygen atoms in total. The Morgan fingerprint density at radius 1 is 1.46 bits per heavy atom. The molecule has 0 spiro atoms. The van der Waals surface area contributed by atoms with Gasteiger partial charge in [0.15, 0.2) is 5.78 Å². The minimum Gasteiger partial charge on any atom is -0.385 e. The van der Waals surface area contributed by atoms with E-state index in [0.717, 1.165) is 14.0 Å². The number of hydrogen-bond acceptors (Lipinski definition) is 4. The van der Waals surface area contributed by atoms with Crippen LogP contribution in [0.3, 0.4) is 0 Å². The Morgan fingerprint density at radius 3 is 2.85 bits per heavy atom. The number of carbonyl (C=O) groups excluding carboxylic acids is 3. The van der Waals surface area contributed by atoms with E-state index >= 15 is 0 Å². The van der Waals surface area contributed by atoms with Gasteiger partial charge in [0.1, 0.15) is 12.1 Å². The lowest BCUT2D eigenvalue weighted by Crippen LogP contribution is -2.43. The second kappa shape index (κ2) is 8.45. The molecule has 2 rings (SSSR count). The second-order valence-electron chi connectivity index (χ2n) is 5.98. The number of rotatable bonds is 6. The van der Waals surface area contributed by atoms with Crippen LogP contribution in [0.1, 0.15) is 58.0 Å². The number of benzene rings is 1. The molecule has 0 aromatic heterocycles. The van der Waals surface area contributed by atoms with Gasteiger partial charge in [0.25, 0.3) is 0 Å². The third-order valence-corrected chi connectivity index (χ3v) is 3.92. The third-order valence-electron chi connectivity index (χ3n) is 3.92. The van der Waals surface area contributed by atoms with Gasteiger partial charge in [-0.15, -0.1) is 0 Å². The van der Waals surface area contributed by atoms with E-state index in [1.165, 1.54) is 24.3 Å². The number of Topliss-reactive ketones (excluding diaryl/α,β-unsaturated/α-hetero) is 1. The molecular weight excluding hydrogens is 332 g/mol. The zero-order chi connectivity index (χ0) is 28.3. The van der Waals surface area contributed by atoms with Gasteiger partial charge in [-0.25, -0.2) is 0 Å². The molecule has 4 atom stereocenters. The summed E-state index contributed by atoms with van der Waals surface area (Å²) in [5.74, 6) is -9.34. The Labute approximate surface area is 168 Å². The summed E-state index contributed by atoms with van der Waals surface area (Å²) < 4.78 is 79.1. The maximum absolute atomic E-state index is 13.1. The fourth-order valence-corrected chi connectivity index (χ4v) is 2.40. The fraction of sp³-hybridized carbons (Fsp3) is 0.550. The number of hydrogen-bond donors (Lipinski definition) is 2. The highest BCUT2D eigenvalue weighted by atomic mass is 16.3. The summed E-state index contributed by atoms with van der Waals surface area (Å²) in [6.07, 6.45) is -7.38. The Bertz CT molecular complexity index is 1070. The van der Waals surface area contributed by atoms with E-state index in [2.05, 4.69) is 5.32 Å². The number of fused-ring (bicyclic) bond motifs is 1. The minimum absolute atomic E-state index is 0.0747. The molecule has 1 aliphatic heterocycles. The summed E-state index contributed by atoms with van der Waals surface area (Å²) in [7, 11) is 1.01. The number of likely N-dealkylation sites (N-methyl/N-ethyl adjacent to an activating group) is 1. The molecule has 1 aromatic rings. The van der Waals surface area contributed by atoms with Crippen LogP contribution in [-0.4, -0.2) is 47.2 Å². The van der Waals surface area contributed by atoms with E-state index in [-0.39, 0.29) is 11.1 Å². The SMILES string of the molecule is [2H]C([2H])([2H])C([2H])(C)[C@]([2H])(O)C(=O)C[C@@]([2H])(C)C(=O)N[C@@H]1C(=O)N(C)C([2H])([2H])C([2H])([2H])c2ccccc21. The smallest absolute Gasteiger partial charge is 0.249 e. The van der Waals surface area contributed by atoms with Crippen LogP contribution in [0.5, 0.6) is 0 Å². The van der Waals surface area contributed by atoms with Gasteiger partial charge in [-0.1, -0.05) is 45.0 Å². The molecule has 0 radical (unpaired) electrons. The first kappa shape index (κ1) is 10.2. The quantitative estimate of drug-likeness (QED) is 0.794. The number of aryl methyl sites for hydroxylation is 1. The summed E-state index contributed by atoms with van der Waals surface area (Å²) in [6, 6.07) is 3.78. The van der Waals surface area contributed by atoms with Crippen molar-refractivity contribution in [2.75, 3.05) is 13.5 Å². The summed E-state index contributed by atoms with van der Waals surface area (Å²) in [6.45, 7) is -4.50. The van der Waals surface area contributed by atoms with Gasteiger partial charge < -0.3 is 15.3 Å². The molecule has 0 saturated carbocycles. The van der Waals surface area contributed by atoms with Crippen molar-refractivity contribution in [3.8, 4) is 0 Å². The van der Waals surface area contributed by atoms with Gasteiger partial charge in [-0.05, 0) is 23.4 Å². The number of nitrogens with one attached hydrogen (secondary N) is 1. The van der Waals surface area contributed by atoms with E-state index in [1.807, 2.05) is 0 Å². The van der Waals surface area contributed by atoms with Crippen molar-refractivity contribution in [3.63, 3.8) is 0 Å². The van der Waals surface area contributed by atoms with E-state index in [4.69, 9.17) is 13.7 Å². The second-order valence-corrected chi connectivity index (χ2v) is 5.98. The van der Waals surface area contributed by atoms with Crippen LogP contribution in [0.15, 0.2) is 24.3 Å². The van der Waals surface area contributed by atoms with Crippen LogP contribution in [0.25, 0.3) is 0 Å². The lowest BCUT2D eigenvalue weighted by atomic mass is 9.94. The maximum Gasteiger partial charge on any atom is 0.249 e. The van der Waals surface area contributed by atoms with Crippen LogP contribution in [0, 0.1) is 11.8 Å². The van der Waals surface area contributed by atoms with E-state index < -0.39 is 67.6 Å². The van der Waals surface area contributed by atoms with Crippen LogP contribution in [0.2, 0.25) is 0 Å². The van der Waals surface area contributed by atoms with Gasteiger partial charge in [0, 0.05) is 38.2 Å². The molecule has 1 aromatic carbocycles. The molecular formula is C20H28N2O4. The standard InChI is InChI=1S/C20H28N2O4/c1-12(2)18(24)16(23)11-13(3)19(25)21-17-15-8-6-5-7-14(15)9-10-22(4)20(17)26/h5-8,12-13,17-18,24H,9-11H2,1-4H3,(H,21,25)/t13-,17+,18+/m1/s1/i1D3,9D2,10D2,12D,13D,18D/t12?,13-,17+,18+. The monoisotopic (exact) mass is 370 g/mol. The van der Waals surface area contributed by atoms with Crippen molar-refractivity contribution >= 4 is 17.6 Å². The van der Waals surface area contributed by atoms with Crippen LogP contribution >= 0.6 is 0 Å². The Balaban J connectivity index is 2.43. The Kier molecular flexibility index (Phi) is 3.32. The summed E-state index contributed by atoms with van der Waals surface area (Å²) in [4.78, 5) is 39.3. The van der Waals surface area contributed by atoms with E-state index in [9.17, 15) is 19.5 Å². The molecule has 0 bridgehead atoms. The molecule has 1 heterocycles. The van der Waals surface area contributed by atoms with Crippen LogP contribution in [-0.2, 0) is 20.8 Å². The highest BCUT2D eigenvalue weighted by molar-refractivity contribution is 5.92. The summed E-state index contributed by atoms with van der Waals surface area (Å²) in [5, 5.41) is 12.5. The zero-order valence-corrected chi connectivity index (χ0v) is 14.7. The first-order valence-corrected chi connectivity index (χ1v) is 7.88. The summed E-state index contributed by atoms with van der Waals surface area (Å²) in [5.41, 5.74) is -0.293. The molecule has 6 heteroatoms. The van der Waals surface area contributed by atoms with Crippen molar-refractivity contribution in [3.05, 3.63) is 35.4 Å². The lowest BCUT2D eigenvalue weighted by Gasteiger charge is -2.24. The van der Waals surface area contributed by atoms with Gasteiger partial charge in [-0.2, -0.15) is 0 Å². The Morgan fingerprint density at radius 2 is 2.15 bits per heavy atom. The largest absolute Gasteiger partial charge is 0.385 e. The molecule has 2 amide bonds. The molecule has 1 unspecified atom stereocenters. The number of ketones is 1. The predicted octanol–water partition coefficient (Wildman–Crippen LogP) is 1.47. The highest BCUT2D eigenvalue weighted by Gasteiger charge is 2.32. The number of amides is 2. The van der Waals surface area contributed by atoms with Crippen molar-refractivity contribution in [1.82, 2.24) is 10.2 Å². The number of aliphatic hydroxyl groups is 1. The zero-order valence-electron chi connectivity index (χ0n) is 24.7.